The zero-order valence-corrected chi connectivity index (χ0v) is 7.49. The van der Waals surface area contributed by atoms with Crippen LogP contribution < -0.4 is 0 Å². The van der Waals surface area contributed by atoms with Crippen LogP contribution in [0.15, 0.2) is 0 Å². The summed E-state index contributed by atoms with van der Waals surface area (Å²) < 4.78 is 11.2. The summed E-state index contributed by atoms with van der Waals surface area (Å²) in [5.41, 5.74) is 0. The molecule has 10 heavy (non-hydrogen) atoms. The number of hydrogen-bond donors (Lipinski definition) is 0. The average molecular weight is 161 g/mol. The van der Waals surface area contributed by atoms with Gasteiger partial charge in [0.2, 0.25) is 0 Å². The molecule has 1 heterocycles. The van der Waals surface area contributed by atoms with Crippen molar-refractivity contribution in [3.63, 3.8) is 0 Å². The minimum atomic E-state index is -0.565. The van der Waals surface area contributed by atoms with Gasteiger partial charge in [-0.25, -0.2) is 0 Å². The van der Waals surface area contributed by atoms with Crippen molar-refractivity contribution in [3.05, 3.63) is 0 Å². The van der Waals surface area contributed by atoms with Crippen molar-refractivity contribution in [1.82, 2.24) is 4.90 Å². The van der Waals surface area contributed by atoms with Crippen LogP contribution in [0.5, 0.6) is 0 Å². The Bertz CT molecular complexity index is 138. The van der Waals surface area contributed by atoms with Crippen LogP contribution in [0.1, 0.15) is 13.3 Å². The van der Waals surface area contributed by atoms with Crippen molar-refractivity contribution in [1.29, 1.82) is 0 Å². The molecule has 60 valence electrons. The molecule has 0 N–H and O–H groups in total. The Balaban J connectivity index is 2.46. The lowest BCUT2D eigenvalue weighted by atomic mass is 10.3. The molecule has 0 aromatic heterocycles. The topological polar surface area (TPSA) is 20.3 Å². The van der Waals surface area contributed by atoms with Gasteiger partial charge in [0, 0.05) is 28.3 Å². The summed E-state index contributed by atoms with van der Waals surface area (Å²) in [4.78, 5) is 2.25. The van der Waals surface area contributed by atoms with Crippen LogP contribution in [0, 0.1) is 0 Å². The predicted molar refractivity (Wildman–Crippen MR) is 44.6 cm³/mol. The summed E-state index contributed by atoms with van der Waals surface area (Å²) in [6.45, 7) is 4.18. The highest BCUT2D eigenvalue weighted by atomic mass is 32.2. The van der Waals surface area contributed by atoms with Crippen LogP contribution in [0.3, 0.4) is 0 Å². The highest BCUT2D eigenvalue weighted by molar-refractivity contribution is 7.85. The standard InChI is InChI=1S/C7H15NOS/c1-7-3-4-8(2)5-6-10(7)9/h7H,3-6H2,1-2H3. The van der Waals surface area contributed by atoms with Crippen LogP contribution in [0.2, 0.25) is 0 Å². The van der Waals surface area contributed by atoms with E-state index in [1.54, 1.807) is 0 Å². The molecule has 0 bridgehead atoms. The molecule has 0 spiro atoms. The van der Waals surface area contributed by atoms with E-state index < -0.39 is 10.8 Å². The van der Waals surface area contributed by atoms with E-state index in [1.165, 1.54) is 0 Å². The third kappa shape index (κ3) is 2.06. The van der Waals surface area contributed by atoms with Crippen LogP contribution in [0.4, 0.5) is 0 Å². The predicted octanol–water partition coefficient (Wildman–Crippen LogP) is 0.459. The molecule has 2 nitrogen and oxygen atoms in total. The van der Waals surface area contributed by atoms with Gasteiger partial charge in [-0.15, -0.1) is 0 Å². The quantitative estimate of drug-likeness (QED) is 0.514. The Kier molecular flexibility index (Phi) is 2.86. The first-order valence-corrected chi connectivity index (χ1v) is 5.14. The Labute approximate surface area is 65.1 Å². The monoisotopic (exact) mass is 161 g/mol. The largest absolute Gasteiger partial charge is 0.305 e. The second-order valence-corrected chi connectivity index (χ2v) is 4.96. The van der Waals surface area contributed by atoms with Gasteiger partial charge in [-0.3, -0.25) is 4.21 Å². The minimum absolute atomic E-state index is 0.407. The number of hydrogen-bond acceptors (Lipinski definition) is 2. The molecule has 0 aromatic carbocycles. The lowest BCUT2D eigenvalue weighted by Crippen LogP contribution is -2.20. The van der Waals surface area contributed by atoms with Crippen LogP contribution in [0.25, 0.3) is 0 Å². The molecule has 1 fully saturated rings. The SMILES string of the molecule is CC1CCN(C)CCS1=O. The lowest BCUT2D eigenvalue weighted by Gasteiger charge is -2.10. The normalized spacial score (nSPS) is 37.4. The molecule has 0 amide bonds. The van der Waals surface area contributed by atoms with Crippen molar-refractivity contribution < 1.29 is 4.21 Å². The summed E-state index contributed by atoms with van der Waals surface area (Å²) in [7, 11) is 1.53. The molecular weight excluding hydrogens is 146 g/mol. The van der Waals surface area contributed by atoms with Crippen LogP contribution >= 0.6 is 0 Å². The van der Waals surface area contributed by atoms with E-state index in [0.717, 1.165) is 25.3 Å². The zero-order valence-electron chi connectivity index (χ0n) is 6.67. The summed E-state index contributed by atoms with van der Waals surface area (Å²) in [6, 6.07) is 0. The van der Waals surface area contributed by atoms with Crippen LogP contribution in [-0.4, -0.2) is 40.2 Å². The molecule has 0 aromatic rings. The lowest BCUT2D eigenvalue weighted by molar-refractivity contribution is 0.356. The van der Waals surface area contributed by atoms with Gasteiger partial charge in [-0.1, -0.05) is 6.92 Å². The zero-order chi connectivity index (χ0) is 7.56. The summed E-state index contributed by atoms with van der Waals surface area (Å²) >= 11 is 0. The van der Waals surface area contributed by atoms with Gasteiger partial charge in [0.05, 0.1) is 0 Å². The maximum atomic E-state index is 11.2. The van der Waals surface area contributed by atoms with Gasteiger partial charge in [0.1, 0.15) is 0 Å². The molecule has 2 atom stereocenters. The molecule has 0 aliphatic carbocycles. The van der Waals surface area contributed by atoms with Gasteiger partial charge in [0.15, 0.2) is 0 Å². The van der Waals surface area contributed by atoms with E-state index in [4.69, 9.17) is 0 Å². The van der Waals surface area contributed by atoms with E-state index >= 15 is 0 Å². The van der Waals surface area contributed by atoms with Crippen molar-refractivity contribution in [2.24, 2.45) is 0 Å². The molecular formula is C7H15NOS. The third-order valence-corrected chi connectivity index (χ3v) is 3.76. The Morgan fingerprint density at radius 3 is 2.90 bits per heavy atom. The smallest absolute Gasteiger partial charge is 0.0365 e. The molecule has 1 aliphatic heterocycles. The van der Waals surface area contributed by atoms with E-state index in [-0.39, 0.29) is 0 Å². The first-order valence-electron chi connectivity index (χ1n) is 3.76. The second-order valence-electron chi connectivity index (χ2n) is 2.99. The van der Waals surface area contributed by atoms with Gasteiger partial charge in [-0.2, -0.15) is 0 Å². The fourth-order valence-corrected chi connectivity index (χ4v) is 2.35. The van der Waals surface area contributed by atoms with Crippen molar-refractivity contribution in [3.8, 4) is 0 Å². The molecule has 1 aliphatic rings. The Hall–Kier alpha value is 0.110. The van der Waals surface area contributed by atoms with Crippen molar-refractivity contribution >= 4 is 10.8 Å². The Morgan fingerprint density at radius 1 is 1.50 bits per heavy atom. The van der Waals surface area contributed by atoms with E-state index in [1.807, 2.05) is 0 Å². The maximum absolute atomic E-state index is 11.2. The van der Waals surface area contributed by atoms with Crippen molar-refractivity contribution in [2.75, 3.05) is 25.9 Å². The Morgan fingerprint density at radius 2 is 2.20 bits per heavy atom. The molecule has 1 rings (SSSR count). The second kappa shape index (κ2) is 3.49. The summed E-state index contributed by atoms with van der Waals surface area (Å²) in [5.74, 6) is 0.859. The van der Waals surface area contributed by atoms with E-state index in [2.05, 4.69) is 18.9 Å². The maximum Gasteiger partial charge on any atom is 0.0365 e. The average Bonchev–Trinajstić information content (AvgIpc) is 2.04. The minimum Gasteiger partial charge on any atom is -0.305 e. The fourth-order valence-electron chi connectivity index (χ4n) is 1.09. The molecule has 1 saturated heterocycles. The highest BCUT2D eigenvalue weighted by Gasteiger charge is 2.16. The summed E-state index contributed by atoms with van der Waals surface area (Å²) in [6.07, 6.45) is 1.09. The molecule has 3 heteroatoms. The van der Waals surface area contributed by atoms with E-state index in [0.29, 0.717) is 5.25 Å². The third-order valence-electron chi connectivity index (χ3n) is 2.04. The van der Waals surface area contributed by atoms with Crippen LogP contribution in [-0.2, 0) is 10.8 Å². The van der Waals surface area contributed by atoms with Gasteiger partial charge < -0.3 is 4.90 Å². The summed E-state index contributed by atoms with van der Waals surface area (Å²) in [5, 5.41) is 0.407. The first-order chi connectivity index (χ1) is 4.70. The van der Waals surface area contributed by atoms with Gasteiger partial charge in [-0.05, 0) is 20.0 Å². The molecule has 2 unspecified atom stereocenters. The molecule has 0 saturated carbocycles. The number of rotatable bonds is 0. The first kappa shape index (κ1) is 8.21. The van der Waals surface area contributed by atoms with E-state index in [9.17, 15) is 4.21 Å². The van der Waals surface area contributed by atoms with Gasteiger partial charge in [0.25, 0.3) is 0 Å². The van der Waals surface area contributed by atoms with Crippen molar-refractivity contribution in [2.45, 2.75) is 18.6 Å². The highest BCUT2D eigenvalue weighted by Crippen LogP contribution is 2.07. The van der Waals surface area contributed by atoms with Gasteiger partial charge >= 0.3 is 0 Å². The fraction of sp³-hybridized carbons (Fsp3) is 1.00. The number of nitrogens with zero attached hydrogens (tertiary/aromatic N) is 1. The molecule has 0 radical (unpaired) electrons.